The lowest BCUT2D eigenvalue weighted by Crippen LogP contribution is -2.29. The monoisotopic (exact) mass is 402 g/mol. The fourth-order valence-electron chi connectivity index (χ4n) is 2.61. The van der Waals surface area contributed by atoms with Crippen molar-refractivity contribution in [1.82, 2.24) is 10.5 Å². The Bertz CT molecular complexity index is 773. The number of hydrogen-bond acceptors (Lipinski definition) is 6. The molecule has 6 nitrogen and oxygen atoms in total. The van der Waals surface area contributed by atoms with Crippen molar-refractivity contribution in [1.29, 1.82) is 0 Å². The van der Waals surface area contributed by atoms with Crippen LogP contribution < -0.4 is 5.32 Å². The van der Waals surface area contributed by atoms with Gasteiger partial charge in [-0.1, -0.05) is 17.3 Å². The van der Waals surface area contributed by atoms with E-state index < -0.39 is 17.5 Å². The quantitative estimate of drug-likeness (QED) is 0.723. The van der Waals surface area contributed by atoms with E-state index in [0.29, 0.717) is 25.3 Å². The molecular weight excluding hydrogens is 385 g/mol. The minimum atomic E-state index is -4.38. The highest BCUT2D eigenvalue weighted by Gasteiger charge is 2.29. The fourth-order valence-corrected chi connectivity index (χ4v) is 3.15. The summed E-state index contributed by atoms with van der Waals surface area (Å²) in [6, 6.07) is 6.54. The summed E-state index contributed by atoms with van der Waals surface area (Å²) >= 11 is -0.238. The first kappa shape index (κ1) is 19.7. The van der Waals surface area contributed by atoms with E-state index in [2.05, 4.69) is 10.5 Å². The van der Waals surface area contributed by atoms with Gasteiger partial charge in [-0.25, -0.2) is 0 Å². The van der Waals surface area contributed by atoms with Gasteiger partial charge in [0.05, 0.1) is 6.61 Å². The lowest BCUT2D eigenvalue weighted by molar-refractivity contribution is -0.0328. The molecule has 0 bridgehead atoms. The van der Waals surface area contributed by atoms with Crippen LogP contribution >= 0.6 is 11.8 Å². The maximum atomic E-state index is 12.4. The van der Waals surface area contributed by atoms with Gasteiger partial charge in [-0.3, -0.25) is 4.79 Å². The highest BCUT2D eigenvalue weighted by atomic mass is 32.2. The van der Waals surface area contributed by atoms with Gasteiger partial charge >= 0.3 is 5.51 Å². The topological polar surface area (TPSA) is 84.6 Å². The van der Waals surface area contributed by atoms with E-state index in [1.807, 2.05) is 0 Å². The molecule has 3 rings (SSSR count). The SMILES string of the molecule is O=C(NCC1CCOC1)c1cc(C(O)c2ccc(SC(F)(F)F)cc2)on1. The molecule has 1 fully saturated rings. The smallest absolute Gasteiger partial charge is 0.381 e. The molecular formula is C17H17F3N2O4S. The average molecular weight is 402 g/mol. The summed E-state index contributed by atoms with van der Waals surface area (Å²) in [6.45, 7) is 1.74. The van der Waals surface area contributed by atoms with Crippen LogP contribution in [-0.4, -0.2) is 41.4 Å². The van der Waals surface area contributed by atoms with Crippen LogP contribution in [0.4, 0.5) is 13.2 Å². The number of rotatable bonds is 6. The normalized spacial score (nSPS) is 18.4. The number of nitrogens with zero attached hydrogens (tertiary/aromatic N) is 1. The summed E-state index contributed by atoms with van der Waals surface area (Å²) in [4.78, 5) is 12.1. The van der Waals surface area contributed by atoms with Crippen LogP contribution in [0.3, 0.4) is 0 Å². The molecule has 1 amide bonds. The third-order valence-electron chi connectivity index (χ3n) is 4.04. The molecule has 1 aromatic heterocycles. The van der Waals surface area contributed by atoms with Crippen molar-refractivity contribution in [2.75, 3.05) is 19.8 Å². The number of alkyl halides is 3. The van der Waals surface area contributed by atoms with Crippen molar-refractivity contribution in [3.8, 4) is 0 Å². The van der Waals surface area contributed by atoms with Crippen molar-refractivity contribution in [2.24, 2.45) is 5.92 Å². The van der Waals surface area contributed by atoms with E-state index in [9.17, 15) is 23.1 Å². The van der Waals surface area contributed by atoms with Crippen LogP contribution in [0.15, 0.2) is 39.8 Å². The molecule has 1 saturated heterocycles. The second-order valence-electron chi connectivity index (χ2n) is 6.07. The molecule has 2 N–H and O–H groups in total. The summed E-state index contributed by atoms with van der Waals surface area (Å²) in [6.07, 6.45) is -0.363. The van der Waals surface area contributed by atoms with Crippen LogP contribution in [0.5, 0.6) is 0 Å². The molecule has 1 aliphatic rings. The van der Waals surface area contributed by atoms with E-state index >= 15 is 0 Å². The lowest BCUT2D eigenvalue weighted by Gasteiger charge is -2.09. The molecule has 0 aliphatic carbocycles. The third kappa shape index (κ3) is 5.47. The average Bonchev–Trinajstić information content (AvgIpc) is 3.30. The van der Waals surface area contributed by atoms with Crippen molar-refractivity contribution in [2.45, 2.75) is 22.9 Å². The van der Waals surface area contributed by atoms with Crippen molar-refractivity contribution < 1.29 is 32.3 Å². The molecule has 2 heterocycles. The van der Waals surface area contributed by atoms with E-state index in [4.69, 9.17) is 9.26 Å². The van der Waals surface area contributed by atoms with Gasteiger partial charge in [-0.2, -0.15) is 13.2 Å². The molecule has 0 spiro atoms. The van der Waals surface area contributed by atoms with E-state index in [1.54, 1.807) is 0 Å². The number of carbonyl (C=O) groups excluding carboxylic acids is 1. The summed E-state index contributed by atoms with van der Waals surface area (Å²) in [5.74, 6) is -0.138. The summed E-state index contributed by atoms with van der Waals surface area (Å²) in [5.41, 5.74) is -4.03. The number of benzene rings is 1. The Morgan fingerprint density at radius 1 is 1.37 bits per heavy atom. The van der Waals surface area contributed by atoms with Gasteiger partial charge in [0.1, 0.15) is 6.10 Å². The van der Waals surface area contributed by atoms with Crippen LogP contribution in [0, 0.1) is 5.92 Å². The molecule has 1 aromatic carbocycles. The Balaban J connectivity index is 1.60. The number of carbonyl (C=O) groups is 1. The van der Waals surface area contributed by atoms with E-state index in [0.717, 1.165) is 6.42 Å². The molecule has 0 saturated carbocycles. The number of nitrogens with one attached hydrogen (secondary N) is 1. The summed E-state index contributed by atoms with van der Waals surface area (Å²) in [7, 11) is 0. The minimum Gasteiger partial charge on any atom is -0.381 e. The maximum absolute atomic E-state index is 12.4. The van der Waals surface area contributed by atoms with Gasteiger partial charge < -0.3 is 19.7 Å². The number of thioether (sulfide) groups is 1. The molecule has 2 unspecified atom stereocenters. The molecule has 0 radical (unpaired) electrons. The zero-order valence-corrected chi connectivity index (χ0v) is 14.8. The van der Waals surface area contributed by atoms with Crippen molar-refractivity contribution >= 4 is 17.7 Å². The Morgan fingerprint density at radius 3 is 2.74 bits per heavy atom. The van der Waals surface area contributed by atoms with Crippen molar-refractivity contribution in [3.05, 3.63) is 47.3 Å². The Kier molecular flexibility index (Phi) is 6.08. The Labute approximate surface area is 157 Å². The zero-order chi connectivity index (χ0) is 19.4. The molecule has 146 valence electrons. The van der Waals surface area contributed by atoms with Gasteiger partial charge in [-0.15, -0.1) is 0 Å². The Morgan fingerprint density at radius 2 is 2.11 bits per heavy atom. The highest BCUT2D eigenvalue weighted by Crippen LogP contribution is 2.37. The molecule has 2 atom stereocenters. The van der Waals surface area contributed by atoms with Gasteiger partial charge in [0, 0.05) is 30.0 Å². The first-order valence-corrected chi connectivity index (χ1v) is 9.00. The predicted octanol–water partition coefficient (Wildman–Crippen LogP) is 3.13. The Hall–Kier alpha value is -2.04. The van der Waals surface area contributed by atoms with Crippen LogP contribution in [-0.2, 0) is 4.74 Å². The third-order valence-corrected chi connectivity index (χ3v) is 4.77. The summed E-state index contributed by atoms with van der Waals surface area (Å²) in [5, 5.41) is 16.7. The zero-order valence-electron chi connectivity index (χ0n) is 14.0. The number of hydrogen-bond donors (Lipinski definition) is 2. The van der Waals surface area contributed by atoms with Gasteiger partial charge in [-0.05, 0) is 35.9 Å². The largest absolute Gasteiger partial charge is 0.446 e. The first-order chi connectivity index (χ1) is 12.8. The summed E-state index contributed by atoms with van der Waals surface area (Å²) < 4.78 is 47.3. The van der Waals surface area contributed by atoms with E-state index in [1.165, 1.54) is 30.3 Å². The van der Waals surface area contributed by atoms with E-state index in [-0.39, 0.29) is 34.0 Å². The maximum Gasteiger partial charge on any atom is 0.446 e. The predicted molar refractivity (Wildman–Crippen MR) is 90.2 cm³/mol. The lowest BCUT2D eigenvalue weighted by atomic mass is 10.1. The molecule has 1 aliphatic heterocycles. The number of aliphatic hydroxyl groups excluding tert-OH is 1. The van der Waals surface area contributed by atoms with Crippen LogP contribution in [0.1, 0.15) is 34.3 Å². The molecule has 27 heavy (non-hydrogen) atoms. The van der Waals surface area contributed by atoms with Crippen molar-refractivity contribution in [3.63, 3.8) is 0 Å². The first-order valence-electron chi connectivity index (χ1n) is 8.18. The van der Waals surface area contributed by atoms with Crippen LogP contribution in [0.2, 0.25) is 0 Å². The minimum absolute atomic E-state index is 0.00646. The van der Waals surface area contributed by atoms with Gasteiger partial charge in [0.2, 0.25) is 0 Å². The number of aliphatic hydroxyl groups is 1. The van der Waals surface area contributed by atoms with Crippen LogP contribution in [0.25, 0.3) is 0 Å². The standard InChI is InChI=1S/C17H17F3N2O4S/c18-17(19,20)27-12-3-1-11(2-4-12)15(23)14-7-13(22-26-14)16(24)21-8-10-5-6-25-9-10/h1-4,7,10,15,23H,5-6,8-9H2,(H,21,24). The second-order valence-corrected chi connectivity index (χ2v) is 7.21. The van der Waals surface area contributed by atoms with Gasteiger partial charge in [0.15, 0.2) is 11.5 Å². The number of aromatic nitrogens is 1. The number of halogens is 3. The second kappa shape index (κ2) is 8.32. The molecule has 10 heteroatoms. The highest BCUT2D eigenvalue weighted by molar-refractivity contribution is 8.00. The van der Waals surface area contributed by atoms with Gasteiger partial charge in [0.25, 0.3) is 5.91 Å². The fraction of sp³-hybridized carbons (Fsp3) is 0.412. The number of ether oxygens (including phenoxy) is 1. The molecule has 2 aromatic rings. The number of amides is 1.